The summed E-state index contributed by atoms with van der Waals surface area (Å²) in [6.45, 7) is 1.38. The highest BCUT2D eigenvalue weighted by Crippen LogP contribution is 2.43. The van der Waals surface area contributed by atoms with Crippen LogP contribution in [0.5, 0.6) is 11.5 Å². The van der Waals surface area contributed by atoms with E-state index in [0.29, 0.717) is 41.7 Å². The molecule has 0 spiro atoms. The van der Waals surface area contributed by atoms with Crippen molar-refractivity contribution in [2.24, 2.45) is 9.98 Å². The van der Waals surface area contributed by atoms with E-state index >= 15 is 0 Å². The fourth-order valence-electron chi connectivity index (χ4n) is 3.11. The Kier molecular flexibility index (Phi) is 4.04. The number of aromatic nitrogens is 1. The molecule has 0 fully saturated rings. The molecule has 26 heavy (non-hydrogen) atoms. The number of hydrogen-bond donors (Lipinski definition) is 1. The molecule has 1 aromatic heterocycles. The van der Waals surface area contributed by atoms with Gasteiger partial charge in [0, 0.05) is 36.1 Å². The topological polar surface area (TPSA) is 79.5 Å². The molecular weight excluding hydrogens is 332 g/mol. The van der Waals surface area contributed by atoms with Crippen molar-refractivity contribution in [3.63, 3.8) is 0 Å². The second-order valence-electron chi connectivity index (χ2n) is 5.80. The van der Waals surface area contributed by atoms with Crippen LogP contribution in [-0.4, -0.2) is 54.0 Å². The molecule has 132 valence electrons. The van der Waals surface area contributed by atoms with Crippen LogP contribution in [0.15, 0.2) is 52.7 Å². The Morgan fingerprint density at radius 1 is 1.23 bits per heavy atom. The van der Waals surface area contributed by atoms with Gasteiger partial charge in [-0.2, -0.15) is 0 Å². The zero-order chi connectivity index (χ0) is 18.1. The Bertz CT molecular complexity index is 935. The van der Waals surface area contributed by atoms with Crippen molar-refractivity contribution in [2.75, 3.05) is 27.3 Å². The molecule has 7 nitrogen and oxygen atoms in total. The van der Waals surface area contributed by atoms with Crippen LogP contribution in [0.4, 0.5) is 5.69 Å². The number of benzene rings is 1. The molecule has 0 amide bonds. The van der Waals surface area contributed by atoms with Crippen LogP contribution in [0.3, 0.4) is 0 Å². The van der Waals surface area contributed by atoms with Gasteiger partial charge in [0.25, 0.3) is 0 Å². The van der Waals surface area contributed by atoms with E-state index in [9.17, 15) is 5.11 Å². The number of aliphatic imine (C=N–C) groups is 2. The number of pyridine rings is 1. The van der Waals surface area contributed by atoms with Gasteiger partial charge in [-0.15, -0.1) is 0 Å². The highest BCUT2D eigenvalue weighted by Gasteiger charge is 2.31. The van der Waals surface area contributed by atoms with Crippen LogP contribution >= 0.6 is 0 Å². The number of hydrogen-bond acceptors (Lipinski definition) is 7. The van der Waals surface area contributed by atoms with Crippen LogP contribution in [0.1, 0.15) is 11.1 Å². The zero-order valence-electron chi connectivity index (χ0n) is 14.5. The van der Waals surface area contributed by atoms with Gasteiger partial charge in [0.15, 0.2) is 11.5 Å². The predicted molar refractivity (Wildman–Crippen MR) is 99.6 cm³/mol. The molecule has 2 aliphatic heterocycles. The van der Waals surface area contributed by atoms with Gasteiger partial charge in [-0.05, 0) is 24.3 Å². The average Bonchev–Trinajstić information content (AvgIpc) is 3.18. The maximum atomic E-state index is 10.5. The fraction of sp³-hybridized carbons (Fsp3) is 0.211. The molecule has 1 aromatic carbocycles. The first-order valence-electron chi connectivity index (χ1n) is 8.20. The van der Waals surface area contributed by atoms with Crippen molar-refractivity contribution in [2.45, 2.75) is 0 Å². The third-order valence-electron chi connectivity index (χ3n) is 4.33. The van der Waals surface area contributed by atoms with E-state index < -0.39 is 0 Å². The van der Waals surface area contributed by atoms with Crippen molar-refractivity contribution in [1.82, 2.24) is 9.88 Å². The number of aliphatic hydroxyl groups is 1. The smallest absolute Gasteiger partial charge is 0.187 e. The number of ether oxygens (including phenoxy) is 2. The van der Waals surface area contributed by atoms with Gasteiger partial charge in [0.2, 0.25) is 0 Å². The largest absolute Gasteiger partial charge is 0.507 e. The van der Waals surface area contributed by atoms with Crippen LogP contribution in [0, 0.1) is 0 Å². The zero-order valence-corrected chi connectivity index (χ0v) is 14.5. The minimum Gasteiger partial charge on any atom is -0.507 e. The maximum absolute atomic E-state index is 10.5. The third-order valence-corrected chi connectivity index (χ3v) is 4.33. The fourth-order valence-corrected chi connectivity index (χ4v) is 3.11. The van der Waals surface area contributed by atoms with Gasteiger partial charge in [-0.1, -0.05) is 0 Å². The summed E-state index contributed by atoms with van der Waals surface area (Å²) >= 11 is 0. The number of fused-ring (bicyclic) bond motifs is 3. The van der Waals surface area contributed by atoms with E-state index in [1.807, 2.05) is 17.0 Å². The summed E-state index contributed by atoms with van der Waals surface area (Å²) < 4.78 is 10.9. The minimum atomic E-state index is 0.0911. The van der Waals surface area contributed by atoms with E-state index in [1.165, 1.54) is 0 Å². The summed E-state index contributed by atoms with van der Waals surface area (Å²) in [6.07, 6.45) is 4.89. The Labute approximate surface area is 150 Å². The summed E-state index contributed by atoms with van der Waals surface area (Å²) in [5.74, 6) is 2.66. The maximum Gasteiger partial charge on any atom is 0.187 e. The number of rotatable bonds is 4. The quantitative estimate of drug-likeness (QED) is 0.858. The third kappa shape index (κ3) is 2.57. The minimum absolute atomic E-state index is 0.0911. The van der Waals surface area contributed by atoms with Gasteiger partial charge in [-0.25, -0.2) is 4.99 Å². The molecule has 0 atom stereocenters. The van der Waals surface area contributed by atoms with E-state index in [4.69, 9.17) is 14.5 Å². The lowest BCUT2D eigenvalue weighted by atomic mass is 10.1. The van der Waals surface area contributed by atoms with Crippen molar-refractivity contribution in [1.29, 1.82) is 0 Å². The normalized spacial score (nSPS) is 15.8. The molecule has 0 radical (unpaired) electrons. The molecule has 3 heterocycles. The van der Waals surface area contributed by atoms with Crippen molar-refractivity contribution >= 4 is 23.1 Å². The van der Waals surface area contributed by atoms with Gasteiger partial charge in [-0.3, -0.25) is 9.98 Å². The Morgan fingerprint density at radius 3 is 2.85 bits per heavy atom. The first-order valence-corrected chi connectivity index (χ1v) is 8.20. The van der Waals surface area contributed by atoms with Crippen molar-refractivity contribution in [3.05, 3.63) is 53.9 Å². The van der Waals surface area contributed by atoms with Gasteiger partial charge in [0.1, 0.15) is 23.1 Å². The SMILES string of the molecule is COc1ccc2c(c1OC)N=C(C=C(O)c1cccnc1)N1CCN=C21. The van der Waals surface area contributed by atoms with Crippen molar-refractivity contribution in [3.8, 4) is 11.5 Å². The number of amidine groups is 2. The van der Waals surface area contributed by atoms with E-state index in [2.05, 4.69) is 9.98 Å². The van der Waals surface area contributed by atoms with Crippen LogP contribution in [0.2, 0.25) is 0 Å². The molecule has 7 heteroatoms. The van der Waals surface area contributed by atoms with E-state index in [-0.39, 0.29) is 5.76 Å². The highest BCUT2D eigenvalue weighted by molar-refractivity contribution is 6.20. The van der Waals surface area contributed by atoms with Crippen LogP contribution in [0.25, 0.3) is 5.76 Å². The van der Waals surface area contributed by atoms with Gasteiger partial charge >= 0.3 is 0 Å². The molecular formula is C19H18N4O3. The summed E-state index contributed by atoms with van der Waals surface area (Å²) in [5.41, 5.74) is 2.16. The second-order valence-corrected chi connectivity index (χ2v) is 5.80. The molecule has 0 unspecified atom stereocenters. The second kappa shape index (κ2) is 6.51. The average molecular weight is 350 g/mol. The highest BCUT2D eigenvalue weighted by atomic mass is 16.5. The standard InChI is InChI=1S/C19H18N4O3/c1-25-15-6-5-13-17(18(15)26-2)22-16(23-9-8-21-19(13)23)10-14(24)12-4-3-7-20-11-12/h3-7,10-11,24H,8-9H2,1-2H3. The van der Waals surface area contributed by atoms with Crippen molar-refractivity contribution < 1.29 is 14.6 Å². The first-order chi connectivity index (χ1) is 12.7. The first kappa shape index (κ1) is 16.1. The Balaban J connectivity index is 1.86. The Hall–Kier alpha value is -3.35. The molecule has 0 saturated carbocycles. The lowest BCUT2D eigenvalue weighted by Gasteiger charge is -2.27. The summed E-state index contributed by atoms with van der Waals surface area (Å²) in [5, 5.41) is 10.5. The monoisotopic (exact) mass is 350 g/mol. The number of nitrogens with zero attached hydrogens (tertiary/aromatic N) is 4. The predicted octanol–water partition coefficient (Wildman–Crippen LogP) is 2.80. The molecule has 0 aliphatic carbocycles. The molecule has 0 saturated heterocycles. The summed E-state index contributed by atoms with van der Waals surface area (Å²) in [7, 11) is 3.17. The summed E-state index contributed by atoms with van der Waals surface area (Å²) in [4.78, 5) is 15.4. The van der Waals surface area contributed by atoms with Crippen LogP contribution in [-0.2, 0) is 0 Å². The number of methoxy groups -OCH3 is 2. The van der Waals surface area contributed by atoms with Gasteiger partial charge in [0.05, 0.1) is 20.8 Å². The van der Waals surface area contributed by atoms with Gasteiger partial charge < -0.3 is 19.5 Å². The Morgan fingerprint density at radius 2 is 2.12 bits per heavy atom. The summed E-state index contributed by atoms with van der Waals surface area (Å²) in [6, 6.07) is 7.34. The molecule has 0 bridgehead atoms. The molecule has 4 rings (SSSR count). The molecule has 1 N–H and O–H groups in total. The lowest BCUT2D eigenvalue weighted by molar-refractivity contribution is 0.356. The molecule has 2 aliphatic rings. The molecule has 2 aromatic rings. The van der Waals surface area contributed by atoms with Crippen LogP contribution < -0.4 is 9.47 Å². The van der Waals surface area contributed by atoms with E-state index in [0.717, 1.165) is 11.4 Å². The van der Waals surface area contributed by atoms with E-state index in [1.54, 1.807) is 44.8 Å². The number of aliphatic hydroxyl groups excluding tert-OH is 1. The lowest BCUT2D eigenvalue weighted by Crippen LogP contribution is -2.36.